The van der Waals surface area contributed by atoms with E-state index in [4.69, 9.17) is 4.98 Å². The van der Waals surface area contributed by atoms with Crippen LogP contribution in [0.4, 0.5) is 16.0 Å². The van der Waals surface area contributed by atoms with Gasteiger partial charge in [0.1, 0.15) is 5.82 Å². The molecule has 4 rings (SSSR count). The van der Waals surface area contributed by atoms with Crippen molar-refractivity contribution in [3.63, 3.8) is 0 Å². The van der Waals surface area contributed by atoms with Crippen molar-refractivity contribution < 1.29 is 14.3 Å². The van der Waals surface area contributed by atoms with Crippen molar-refractivity contribution in [1.82, 2.24) is 9.55 Å². The number of benzene rings is 2. The largest absolute Gasteiger partial charge is 0.478 e. The first kappa shape index (κ1) is 19.9. The first-order valence-electron chi connectivity index (χ1n) is 9.96. The molecule has 156 valence electrons. The zero-order valence-electron chi connectivity index (χ0n) is 16.7. The highest BCUT2D eigenvalue weighted by molar-refractivity contribution is 5.94. The molecule has 1 aliphatic heterocycles. The van der Waals surface area contributed by atoms with Crippen molar-refractivity contribution in [3.8, 4) is 0 Å². The summed E-state index contributed by atoms with van der Waals surface area (Å²) < 4.78 is 15.8. The van der Waals surface area contributed by atoms with Crippen molar-refractivity contribution in [1.29, 1.82) is 0 Å². The molecule has 2 aromatic carbocycles. The highest BCUT2D eigenvalue weighted by atomic mass is 19.1. The molecule has 1 aromatic heterocycles. The van der Waals surface area contributed by atoms with Gasteiger partial charge in [-0.15, -0.1) is 0 Å². The predicted octanol–water partition coefficient (Wildman–Crippen LogP) is 3.37. The van der Waals surface area contributed by atoms with Crippen LogP contribution in [0.25, 0.3) is 10.9 Å². The molecule has 0 radical (unpaired) electrons. The number of hydrogen-bond acceptors (Lipinski definition) is 5. The summed E-state index contributed by atoms with van der Waals surface area (Å²) in [4.78, 5) is 31.2. The molecule has 0 bridgehead atoms. The predicted molar refractivity (Wildman–Crippen MR) is 114 cm³/mol. The summed E-state index contributed by atoms with van der Waals surface area (Å²) in [5.41, 5.74) is 1.17. The summed E-state index contributed by atoms with van der Waals surface area (Å²) in [5.74, 6) is -1.01. The van der Waals surface area contributed by atoms with Crippen molar-refractivity contribution in [2.45, 2.75) is 25.8 Å². The second-order valence-corrected chi connectivity index (χ2v) is 7.49. The number of piperidine rings is 1. The van der Waals surface area contributed by atoms with E-state index in [-0.39, 0.29) is 23.1 Å². The van der Waals surface area contributed by atoms with Gasteiger partial charge in [-0.05, 0) is 43.5 Å². The van der Waals surface area contributed by atoms with Crippen LogP contribution < -0.4 is 15.8 Å². The van der Waals surface area contributed by atoms with Crippen LogP contribution in [0.5, 0.6) is 0 Å². The van der Waals surface area contributed by atoms with Gasteiger partial charge in [-0.2, -0.15) is 0 Å². The van der Waals surface area contributed by atoms with E-state index in [0.717, 1.165) is 32.4 Å². The number of carbonyl (C=O) groups is 1. The monoisotopic (exact) mass is 410 g/mol. The van der Waals surface area contributed by atoms with Gasteiger partial charge in [0.2, 0.25) is 5.95 Å². The van der Waals surface area contributed by atoms with E-state index < -0.39 is 11.8 Å². The fourth-order valence-electron chi connectivity index (χ4n) is 3.92. The van der Waals surface area contributed by atoms with E-state index in [0.29, 0.717) is 22.7 Å². The summed E-state index contributed by atoms with van der Waals surface area (Å²) in [5, 5.41) is 12.6. The summed E-state index contributed by atoms with van der Waals surface area (Å²) in [6.07, 6.45) is 3.23. The Morgan fingerprint density at radius 1 is 1.20 bits per heavy atom. The van der Waals surface area contributed by atoms with Gasteiger partial charge in [0, 0.05) is 37.9 Å². The van der Waals surface area contributed by atoms with E-state index in [1.54, 1.807) is 25.2 Å². The maximum absolute atomic E-state index is 14.3. The van der Waals surface area contributed by atoms with Gasteiger partial charge in [0.15, 0.2) is 0 Å². The number of hydrogen-bond donors (Lipinski definition) is 2. The number of para-hydroxylation sites is 1. The number of halogens is 1. The Labute approximate surface area is 172 Å². The number of aromatic carboxylic acids is 1. The van der Waals surface area contributed by atoms with Crippen LogP contribution in [0.2, 0.25) is 0 Å². The minimum absolute atomic E-state index is 0.121. The minimum atomic E-state index is -1.05. The number of carboxylic acid groups (broad SMARTS) is 1. The average molecular weight is 410 g/mol. The summed E-state index contributed by atoms with van der Waals surface area (Å²) in [6.45, 7) is 1.79. The van der Waals surface area contributed by atoms with Gasteiger partial charge in [-0.1, -0.05) is 12.1 Å². The van der Waals surface area contributed by atoms with Crippen LogP contribution >= 0.6 is 0 Å². The Bertz CT molecular complexity index is 1170. The molecular weight excluding hydrogens is 387 g/mol. The first-order valence-corrected chi connectivity index (χ1v) is 9.96. The van der Waals surface area contributed by atoms with Crippen LogP contribution in [-0.4, -0.2) is 33.7 Å². The maximum Gasteiger partial charge on any atom is 0.337 e. The van der Waals surface area contributed by atoms with Crippen molar-refractivity contribution in [2.75, 3.05) is 23.3 Å². The number of rotatable bonds is 5. The number of fused-ring (bicyclic) bond motifs is 1. The van der Waals surface area contributed by atoms with E-state index in [2.05, 4.69) is 10.2 Å². The quantitative estimate of drug-likeness (QED) is 0.671. The van der Waals surface area contributed by atoms with Crippen molar-refractivity contribution >= 4 is 28.5 Å². The van der Waals surface area contributed by atoms with E-state index in [1.807, 2.05) is 0 Å². The topological polar surface area (TPSA) is 87.5 Å². The van der Waals surface area contributed by atoms with Crippen LogP contribution in [0.1, 0.15) is 35.2 Å². The molecule has 3 aromatic rings. The van der Waals surface area contributed by atoms with Crippen LogP contribution in [-0.2, 0) is 13.6 Å². The molecule has 0 aliphatic carbocycles. The molecule has 0 atom stereocenters. The zero-order valence-corrected chi connectivity index (χ0v) is 16.7. The Hall–Kier alpha value is -3.42. The Morgan fingerprint density at radius 3 is 2.67 bits per heavy atom. The van der Waals surface area contributed by atoms with Crippen LogP contribution in [0.15, 0.2) is 41.2 Å². The third-order valence-electron chi connectivity index (χ3n) is 5.47. The maximum atomic E-state index is 14.3. The van der Waals surface area contributed by atoms with E-state index >= 15 is 0 Å². The fraction of sp³-hybridized carbons (Fsp3) is 0.318. The molecular formula is C22H23FN4O3. The summed E-state index contributed by atoms with van der Waals surface area (Å²) in [6, 6.07) is 9.06. The Morgan fingerprint density at radius 2 is 1.93 bits per heavy atom. The molecule has 0 unspecified atom stereocenters. The third kappa shape index (κ3) is 3.72. The van der Waals surface area contributed by atoms with Gasteiger partial charge < -0.3 is 15.3 Å². The molecule has 0 amide bonds. The van der Waals surface area contributed by atoms with Gasteiger partial charge in [-0.3, -0.25) is 9.36 Å². The molecule has 2 N–H and O–H groups in total. The lowest BCUT2D eigenvalue weighted by Gasteiger charge is -2.29. The number of anilines is 2. The smallest absolute Gasteiger partial charge is 0.337 e. The Kier molecular flexibility index (Phi) is 5.39. The second-order valence-electron chi connectivity index (χ2n) is 7.49. The summed E-state index contributed by atoms with van der Waals surface area (Å²) >= 11 is 0. The second kappa shape index (κ2) is 8.14. The van der Waals surface area contributed by atoms with E-state index in [1.165, 1.54) is 22.8 Å². The Balaban J connectivity index is 1.77. The highest BCUT2D eigenvalue weighted by Gasteiger charge is 2.19. The van der Waals surface area contributed by atoms with Crippen LogP contribution in [0.3, 0.4) is 0 Å². The van der Waals surface area contributed by atoms with Gasteiger partial charge in [0.05, 0.1) is 16.5 Å². The van der Waals surface area contributed by atoms with Crippen molar-refractivity contribution in [2.24, 2.45) is 7.05 Å². The number of nitrogens with one attached hydrogen (secondary N) is 1. The van der Waals surface area contributed by atoms with E-state index in [9.17, 15) is 19.1 Å². The molecule has 0 saturated carbocycles. The normalized spacial score (nSPS) is 14.1. The first-order chi connectivity index (χ1) is 14.5. The molecule has 1 saturated heterocycles. The lowest BCUT2D eigenvalue weighted by atomic mass is 10.1. The number of nitrogens with zero attached hydrogens (tertiary/aromatic N) is 3. The standard InChI is InChI=1S/C22H23FN4O3/c1-26-20(28)17-12-15(23)11-14(13-24-18-8-4-3-7-16(18)21(29)30)19(17)25-22(26)27-9-5-2-6-10-27/h3-4,7-8,11-12,24H,2,5-6,9-10,13H2,1H3,(H,29,30). The molecule has 8 heteroatoms. The lowest BCUT2D eigenvalue weighted by molar-refractivity contribution is 0.0698. The third-order valence-corrected chi connectivity index (χ3v) is 5.47. The van der Waals surface area contributed by atoms with Crippen molar-refractivity contribution in [3.05, 3.63) is 63.7 Å². The SMILES string of the molecule is Cn1c(N2CCCCC2)nc2c(CNc3ccccc3C(=O)O)cc(F)cc2c1=O. The summed E-state index contributed by atoms with van der Waals surface area (Å²) in [7, 11) is 1.66. The minimum Gasteiger partial charge on any atom is -0.478 e. The van der Waals surface area contributed by atoms with Gasteiger partial charge in [-0.25, -0.2) is 14.2 Å². The van der Waals surface area contributed by atoms with Crippen LogP contribution in [0, 0.1) is 5.82 Å². The van der Waals surface area contributed by atoms with Gasteiger partial charge >= 0.3 is 5.97 Å². The molecule has 0 spiro atoms. The number of aromatic nitrogens is 2. The molecule has 7 nitrogen and oxygen atoms in total. The average Bonchev–Trinajstić information content (AvgIpc) is 2.75. The number of carboxylic acids is 1. The molecule has 2 heterocycles. The van der Waals surface area contributed by atoms with Gasteiger partial charge in [0.25, 0.3) is 5.56 Å². The molecule has 1 fully saturated rings. The molecule has 30 heavy (non-hydrogen) atoms. The highest BCUT2D eigenvalue weighted by Crippen LogP contribution is 2.23. The fourth-order valence-corrected chi connectivity index (χ4v) is 3.92. The zero-order chi connectivity index (χ0) is 21.3. The molecule has 1 aliphatic rings. The lowest BCUT2D eigenvalue weighted by Crippen LogP contribution is -2.35.